The van der Waals surface area contributed by atoms with Crippen LogP contribution in [-0.2, 0) is 11.2 Å². The number of halogens is 2. The van der Waals surface area contributed by atoms with Crippen LogP contribution < -0.4 is 10.1 Å². The molecule has 2 aromatic heterocycles. The zero-order valence-corrected chi connectivity index (χ0v) is 17.1. The van der Waals surface area contributed by atoms with Crippen LogP contribution in [0.25, 0.3) is 16.2 Å². The van der Waals surface area contributed by atoms with Crippen LogP contribution in [0.4, 0.5) is 5.69 Å². The van der Waals surface area contributed by atoms with E-state index in [1.807, 2.05) is 40.2 Å². The Labute approximate surface area is 175 Å². The predicted molar refractivity (Wildman–Crippen MR) is 114 cm³/mol. The molecule has 0 aliphatic carbocycles. The minimum absolute atomic E-state index is 0.177. The lowest BCUT2D eigenvalue weighted by atomic mass is 10.2. The van der Waals surface area contributed by atoms with Crippen molar-refractivity contribution in [3.63, 3.8) is 0 Å². The van der Waals surface area contributed by atoms with E-state index in [4.69, 9.17) is 27.9 Å². The number of aromatic nitrogens is 2. The summed E-state index contributed by atoms with van der Waals surface area (Å²) in [7, 11) is 1.63. The van der Waals surface area contributed by atoms with Crippen LogP contribution in [0.1, 0.15) is 5.69 Å². The molecule has 0 spiro atoms. The SMILES string of the molecule is COc1ccc(-c2cn3c(CC(=O)Nc4cc(Cl)ccc4Cl)csc3n2)cc1. The number of imidazole rings is 1. The number of carbonyl (C=O) groups excluding carboxylic acids is 1. The van der Waals surface area contributed by atoms with Gasteiger partial charge in [0.05, 0.1) is 29.9 Å². The van der Waals surface area contributed by atoms with E-state index in [1.165, 1.54) is 11.3 Å². The average Bonchev–Trinajstić information content (AvgIpc) is 3.27. The quantitative estimate of drug-likeness (QED) is 0.449. The number of anilines is 1. The first kappa shape index (κ1) is 18.8. The molecule has 2 heterocycles. The van der Waals surface area contributed by atoms with Gasteiger partial charge in [0.15, 0.2) is 4.96 Å². The Morgan fingerprint density at radius 3 is 2.75 bits per heavy atom. The Bertz CT molecular complexity index is 1150. The third kappa shape index (κ3) is 3.85. The fourth-order valence-electron chi connectivity index (χ4n) is 2.81. The van der Waals surface area contributed by atoms with Crippen molar-refractivity contribution in [1.29, 1.82) is 0 Å². The predicted octanol–water partition coefficient (Wildman–Crippen LogP) is 5.56. The van der Waals surface area contributed by atoms with Gasteiger partial charge < -0.3 is 10.1 Å². The minimum atomic E-state index is -0.177. The first-order valence-corrected chi connectivity index (χ1v) is 10.0. The van der Waals surface area contributed by atoms with E-state index in [0.29, 0.717) is 15.7 Å². The van der Waals surface area contributed by atoms with Gasteiger partial charge in [0.25, 0.3) is 0 Å². The maximum Gasteiger partial charge on any atom is 0.230 e. The van der Waals surface area contributed by atoms with Crippen molar-refractivity contribution in [2.45, 2.75) is 6.42 Å². The second-order valence-electron chi connectivity index (χ2n) is 6.08. The van der Waals surface area contributed by atoms with E-state index in [1.54, 1.807) is 25.3 Å². The monoisotopic (exact) mass is 431 g/mol. The van der Waals surface area contributed by atoms with Crippen LogP contribution in [0.3, 0.4) is 0 Å². The molecule has 5 nitrogen and oxygen atoms in total. The molecule has 1 amide bonds. The lowest BCUT2D eigenvalue weighted by molar-refractivity contribution is -0.115. The van der Waals surface area contributed by atoms with Crippen molar-refractivity contribution in [2.75, 3.05) is 12.4 Å². The van der Waals surface area contributed by atoms with Gasteiger partial charge in [-0.2, -0.15) is 0 Å². The topological polar surface area (TPSA) is 55.6 Å². The molecule has 0 atom stereocenters. The van der Waals surface area contributed by atoms with Crippen LogP contribution in [0.15, 0.2) is 54.0 Å². The van der Waals surface area contributed by atoms with E-state index < -0.39 is 0 Å². The zero-order valence-electron chi connectivity index (χ0n) is 14.8. The van der Waals surface area contributed by atoms with E-state index >= 15 is 0 Å². The van der Waals surface area contributed by atoms with Gasteiger partial charge in [0.1, 0.15) is 5.75 Å². The molecule has 0 unspecified atom stereocenters. The van der Waals surface area contributed by atoms with E-state index in [-0.39, 0.29) is 12.3 Å². The van der Waals surface area contributed by atoms with Crippen LogP contribution >= 0.6 is 34.5 Å². The second kappa shape index (κ2) is 7.83. The first-order chi connectivity index (χ1) is 13.5. The van der Waals surface area contributed by atoms with Crippen LogP contribution in [-0.4, -0.2) is 22.4 Å². The molecule has 0 aliphatic rings. The highest BCUT2D eigenvalue weighted by Crippen LogP contribution is 2.27. The maximum absolute atomic E-state index is 12.5. The highest BCUT2D eigenvalue weighted by molar-refractivity contribution is 7.15. The summed E-state index contributed by atoms with van der Waals surface area (Å²) in [4.78, 5) is 18.0. The lowest BCUT2D eigenvalue weighted by Gasteiger charge is -2.07. The van der Waals surface area contributed by atoms with Gasteiger partial charge in [0.2, 0.25) is 5.91 Å². The van der Waals surface area contributed by atoms with Gasteiger partial charge >= 0.3 is 0 Å². The van der Waals surface area contributed by atoms with E-state index in [2.05, 4.69) is 10.3 Å². The number of rotatable bonds is 5. The molecule has 4 rings (SSSR count). The van der Waals surface area contributed by atoms with Gasteiger partial charge in [-0.15, -0.1) is 11.3 Å². The molecular weight excluding hydrogens is 417 g/mol. The normalized spacial score (nSPS) is 11.0. The molecule has 2 aromatic carbocycles. The number of hydrogen-bond donors (Lipinski definition) is 1. The van der Waals surface area contributed by atoms with Crippen molar-refractivity contribution < 1.29 is 9.53 Å². The number of carbonyl (C=O) groups is 1. The van der Waals surface area contributed by atoms with Crippen LogP contribution in [0.5, 0.6) is 5.75 Å². The Hall–Kier alpha value is -2.54. The third-order valence-corrected chi connectivity index (χ3v) is 5.67. The van der Waals surface area contributed by atoms with E-state index in [9.17, 15) is 4.79 Å². The lowest BCUT2D eigenvalue weighted by Crippen LogP contribution is -2.15. The number of fused-ring (bicyclic) bond motifs is 1. The van der Waals surface area contributed by atoms with Crippen molar-refractivity contribution >= 4 is 51.1 Å². The molecule has 0 bridgehead atoms. The molecule has 142 valence electrons. The van der Waals surface area contributed by atoms with Gasteiger partial charge in [-0.25, -0.2) is 4.98 Å². The van der Waals surface area contributed by atoms with Gasteiger partial charge in [-0.3, -0.25) is 9.20 Å². The number of thiazole rings is 1. The summed E-state index contributed by atoms with van der Waals surface area (Å²) in [6, 6.07) is 12.7. The smallest absolute Gasteiger partial charge is 0.230 e. The Kier molecular flexibility index (Phi) is 5.26. The summed E-state index contributed by atoms with van der Waals surface area (Å²) in [5.74, 6) is 0.616. The van der Waals surface area contributed by atoms with Crippen LogP contribution in [0.2, 0.25) is 10.0 Å². The summed E-state index contributed by atoms with van der Waals surface area (Å²) in [6.45, 7) is 0. The Morgan fingerprint density at radius 2 is 2.00 bits per heavy atom. The fraction of sp³-hybridized carbons (Fsp3) is 0.100. The second-order valence-corrected chi connectivity index (χ2v) is 7.76. The molecule has 1 N–H and O–H groups in total. The maximum atomic E-state index is 12.5. The highest BCUT2D eigenvalue weighted by Gasteiger charge is 2.14. The molecule has 28 heavy (non-hydrogen) atoms. The number of hydrogen-bond acceptors (Lipinski definition) is 4. The Morgan fingerprint density at radius 1 is 1.21 bits per heavy atom. The minimum Gasteiger partial charge on any atom is -0.497 e. The molecule has 0 radical (unpaired) electrons. The number of amides is 1. The summed E-state index contributed by atoms with van der Waals surface area (Å²) in [6.07, 6.45) is 2.13. The molecule has 0 aliphatic heterocycles. The van der Waals surface area contributed by atoms with Crippen molar-refractivity contribution in [3.05, 3.63) is 69.8 Å². The largest absolute Gasteiger partial charge is 0.497 e. The van der Waals surface area contributed by atoms with E-state index in [0.717, 1.165) is 27.7 Å². The summed E-state index contributed by atoms with van der Waals surface area (Å²) < 4.78 is 7.12. The molecule has 0 fully saturated rings. The average molecular weight is 432 g/mol. The van der Waals surface area contributed by atoms with Crippen molar-refractivity contribution in [1.82, 2.24) is 9.38 Å². The molecule has 4 aromatic rings. The van der Waals surface area contributed by atoms with Gasteiger partial charge in [0, 0.05) is 27.9 Å². The van der Waals surface area contributed by atoms with Crippen molar-refractivity contribution in [3.8, 4) is 17.0 Å². The zero-order chi connectivity index (χ0) is 19.7. The number of ether oxygens (including phenoxy) is 1. The summed E-state index contributed by atoms with van der Waals surface area (Å²) >= 11 is 13.6. The highest BCUT2D eigenvalue weighted by atomic mass is 35.5. The molecule has 8 heteroatoms. The fourth-order valence-corrected chi connectivity index (χ4v) is 4.02. The third-order valence-electron chi connectivity index (χ3n) is 4.21. The molecule has 0 saturated carbocycles. The Balaban J connectivity index is 1.55. The number of methoxy groups -OCH3 is 1. The first-order valence-electron chi connectivity index (χ1n) is 8.38. The number of nitrogens with zero attached hydrogens (tertiary/aromatic N) is 2. The number of benzene rings is 2. The van der Waals surface area contributed by atoms with Gasteiger partial charge in [-0.1, -0.05) is 23.2 Å². The molecule has 0 saturated heterocycles. The standard InChI is InChI=1S/C20H15Cl2N3O2S/c1-27-15-5-2-12(3-6-15)18-10-25-14(11-28-20(25)24-18)9-19(26)23-17-8-13(21)4-7-16(17)22/h2-8,10-11H,9H2,1H3,(H,23,26). The summed E-state index contributed by atoms with van der Waals surface area (Å²) in [5.41, 5.74) is 3.17. The van der Waals surface area contributed by atoms with Crippen LogP contribution in [0, 0.1) is 0 Å². The van der Waals surface area contributed by atoms with Crippen molar-refractivity contribution in [2.24, 2.45) is 0 Å². The van der Waals surface area contributed by atoms with Gasteiger partial charge in [-0.05, 0) is 42.5 Å². The number of nitrogens with one attached hydrogen (secondary N) is 1. The molecular formula is C20H15Cl2N3O2S. The summed E-state index contributed by atoms with van der Waals surface area (Å²) in [5, 5.41) is 5.69.